The van der Waals surface area contributed by atoms with Crippen LogP contribution in [0.1, 0.15) is 124 Å². The van der Waals surface area contributed by atoms with Crippen molar-refractivity contribution in [3.63, 3.8) is 0 Å². The molecule has 0 saturated carbocycles. The summed E-state index contributed by atoms with van der Waals surface area (Å²) in [5.74, 6) is -0.00813. The largest absolute Gasteiger partial charge is 0.462 e. The number of hydrogen-bond acceptors (Lipinski definition) is 6. The Morgan fingerprint density at radius 3 is 1.95 bits per heavy atom. The summed E-state index contributed by atoms with van der Waals surface area (Å²) in [6.07, 6.45) is 37.2. The number of carbonyl (C=O) groups is 2. The molecule has 0 aliphatic carbocycles. The zero-order chi connectivity index (χ0) is 32.5. The summed E-state index contributed by atoms with van der Waals surface area (Å²) in [6, 6.07) is 0. The number of carbonyl (C=O) groups excluding carboxylic acids is 2. The molecule has 2 atom stereocenters. The van der Waals surface area contributed by atoms with Gasteiger partial charge >= 0.3 is 11.9 Å². The summed E-state index contributed by atoms with van der Waals surface area (Å²) in [7, 11) is 0. The number of ether oxygens (including phenoxy) is 2. The molecule has 250 valence electrons. The van der Waals surface area contributed by atoms with E-state index < -0.39 is 24.8 Å². The van der Waals surface area contributed by atoms with Crippen molar-refractivity contribution in [3.05, 3.63) is 72.9 Å². The number of rotatable bonds is 28. The van der Waals surface area contributed by atoms with Gasteiger partial charge in [0, 0.05) is 12.8 Å². The average molecular weight is 615 g/mol. The number of esters is 2. The third-order valence-corrected chi connectivity index (χ3v) is 6.79. The van der Waals surface area contributed by atoms with Crippen LogP contribution in [0.15, 0.2) is 72.9 Å². The lowest BCUT2D eigenvalue weighted by Gasteiger charge is -2.15. The molecule has 44 heavy (non-hydrogen) atoms. The summed E-state index contributed by atoms with van der Waals surface area (Å²) >= 11 is 0. The van der Waals surface area contributed by atoms with Crippen LogP contribution in [0.25, 0.3) is 0 Å². The van der Waals surface area contributed by atoms with E-state index in [4.69, 9.17) is 9.47 Å². The van der Waals surface area contributed by atoms with Crippen molar-refractivity contribution in [2.45, 2.75) is 136 Å². The topological polar surface area (TPSA) is 93.1 Å². The molecule has 0 aromatic heterocycles. The van der Waals surface area contributed by atoms with Gasteiger partial charge in [0.1, 0.15) is 6.61 Å². The second-order valence-electron chi connectivity index (χ2n) is 11.5. The highest BCUT2D eigenvalue weighted by Gasteiger charge is 2.15. The number of allylic oxidation sites excluding steroid dienone is 10. The molecule has 0 aromatic carbocycles. The Bertz CT molecular complexity index is 865. The first-order chi connectivity index (χ1) is 21.4. The van der Waals surface area contributed by atoms with Crippen molar-refractivity contribution in [3.8, 4) is 0 Å². The molecule has 0 aromatic rings. The first-order valence-corrected chi connectivity index (χ1v) is 17.0. The standard InChI is InChI=1S/C38H62O6/c1-4-5-6-7-8-9-10-11-12-13-16-19-23-28-35(40)29-24-21-26-31-38(42)44-36(32-39)33-43-37(41)30-25-20-17-14-15-18-22-27-34(2)3/h5-6,8-9,11-12,16,19,21,23-24,28,34-36,39-40H,4,7,10,13-15,17-18,20,22,25-27,29-33H2,1-3H3/b6-5-,9-8-,12-11-,19-16-,24-21-,28-23-/t35?,36-/m0/s1. The Kier molecular flexibility index (Phi) is 29.8. The predicted octanol–water partition coefficient (Wildman–Crippen LogP) is 9.05. The molecule has 0 bridgehead atoms. The van der Waals surface area contributed by atoms with E-state index in [0.29, 0.717) is 19.3 Å². The van der Waals surface area contributed by atoms with Crippen molar-refractivity contribution < 1.29 is 29.3 Å². The van der Waals surface area contributed by atoms with Crippen molar-refractivity contribution >= 4 is 11.9 Å². The number of aliphatic hydroxyl groups excluding tert-OH is 2. The van der Waals surface area contributed by atoms with Crippen molar-refractivity contribution in [1.29, 1.82) is 0 Å². The van der Waals surface area contributed by atoms with Gasteiger partial charge in [-0.05, 0) is 50.9 Å². The van der Waals surface area contributed by atoms with Gasteiger partial charge in [0.25, 0.3) is 0 Å². The molecule has 0 amide bonds. The molecule has 2 N–H and O–H groups in total. The highest BCUT2D eigenvalue weighted by atomic mass is 16.6. The van der Waals surface area contributed by atoms with E-state index in [-0.39, 0.29) is 19.0 Å². The number of aliphatic hydroxyl groups is 2. The first kappa shape index (κ1) is 41.3. The maximum Gasteiger partial charge on any atom is 0.306 e. The zero-order valence-electron chi connectivity index (χ0n) is 27.9. The molecule has 6 heteroatoms. The van der Waals surface area contributed by atoms with Crippen molar-refractivity contribution in [1.82, 2.24) is 0 Å². The van der Waals surface area contributed by atoms with E-state index in [9.17, 15) is 19.8 Å². The van der Waals surface area contributed by atoms with E-state index in [1.165, 1.54) is 32.1 Å². The summed E-state index contributed by atoms with van der Waals surface area (Å²) < 4.78 is 10.4. The monoisotopic (exact) mass is 614 g/mol. The van der Waals surface area contributed by atoms with Gasteiger partial charge in [-0.1, -0.05) is 139 Å². The van der Waals surface area contributed by atoms with Crippen LogP contribution in [0, 0.1) is 5.92 Å². The van der Waals surface area contributed by atoms with E-state index in [1.807, 2.05) is 30.4 Å². The third kappa shape index (κ3) is 30.7. The minimum atomic E-state index is -0.855. The summed E-state index contributed by atoms with van der Waals surface area (Å²) in [6.45, 7) is 6.11. The molecule has 0 rings (SSSR count). The van der Waals surface area contributed by atoms with Gasteiger partial charge in [-0.15, -0.1) is 0 Å². The summed E-state index contributed by atoms with van der Waals surface area (Å²) in [5, 5.41) is 19.6. The van der Waals surface area contributed by atoms with Crippen LogP contribution in [0.4, 0.5) is 0 Å². The Hall–Kier alpha value is -2.70. The molecule has 0 radical (unpaired) electrons. The van der Waals surface area contributed by atoms with Crippen LogP contribution < -0.4 is 0 Å². The van der Waals surface area contributed by atoms with E-state index in [0.717, 1.165) is 50.9 Å². The fraction of sp³-hybridized carbons (Fsp3) is 0.632. The normalized spacial score (nSPS) is 14.0. The third-order valence-electron chi connectivity index (χ3n) is 6.79. The highest BCUT2D eigenvalue weighted by Crippen LogP contribution is 2.13. The lowest BCUT2D eigenvalue weighted by molar-refractivity contribution is -0.161. The van der Waals surface area contributed by atoms with Crippen LogP contribution in [-0.4, -0.2) is 47.6 Å². The summed E-state index contributed by atoms with van der Waals surface area (Å²) in [5.41, 5.74) is 0. The molecule has 0 aliphatic rings. The Morgan fingerprint density at radius 2 is 1.32 bits per heavy atom. The van der Waals surface area contributed by atoms with Crippen molar-refractivity contribution in [2.75, 3.05) is 13.2 Å². The van der Waals surface area contributed by atoms with Gasteiger partial charge in [0.05, 0.1) is 12.7 Å². The number of hydrogen-bond donors (Lipinski definition) is 2. The second kappa shape index (κ2) is 31.7. The summed E-state index contributed by atoms with van der Waals surface area (Å²) in [4.78, 5) is 24.1. The highest BCUT2D eigenvalue weighted by molar-refractivity contribution is 5.70. The molecule has 0 spiro atoms. The van der Waals surface area contributed by atoms with Crippen LogP contribution in [-0.2, 0) is 19.1 Å². The van der Waals surface area contributed by atoms with Gasteiger partial charge in [-0.3, -0.25) is 9.59 Å². The van der Waals surface area contributed by atoms with Crippen LogP contribution in [0.2, 0.25) is 0 Å². The fourth-order valence-corrected chi connectivity index (χ4v) is 4.20. The SMILES string of the molecule is CC/C=C\C/C=C\C/C=C\C/C=C\C=C/C(O)C/C=C\CCC(=O)O[C@@H](CO)COC(=O)CCCCCCCCCC(C)C. The lowest BCUT2D eigenvalue weighted by Crippen LogP contribution is -2.28. The maximum atomic E-state index is 12.1. The molecule has 0 aliphatic heterocycles. The van der Waals surface area contributed by atoms with Gasteiger partial charge in [0.15, 0.2) is 6.10 Å². The zero-order valence-corrected chi connectivity index (χ0v) is 27.9. The first-order valence-electron chi connectivity index (χ1n) is 17.0. The Labute approximate surface area is 268 Å². The Morgan fingerprint density at radius 1 is 0.705 bits per heavy atom. The molecule has 6 nitrogen and oxygen atoms in total. The smallest absolute Gasteiger partial charge is 0.306 e. The fourth-order valence-electron chi connectivity index (χ4n) is 4.20. The van der Waals surface area contributed by atoms with Crippen LogP contribution in [0.5, 0.6) is 0 Å². The van der Waals surface area contributed by atoms with E-state index in [1.54, 1.807) is 6.08 Å². The average Bonchev–Trinajstić information content (AvgIpc) is 3.00. The number of unbranched alkanes of at least 4 members (excludes halogenated alkanes) is 6. The lowest BCUT2D eigenvalue weighted by atomic mass is 10.0. The van der Waals surface area contributed by atoms with Crippen LogP contribution >= 0.6 is 0 Å². The molecule has 0 fully saturated rings. The van der Waals surface area contributed by atoms with E-state index in [2.05, 4.69) is 57.2 Å². The minimum absolute atomic E-state index is 0.134. The molecule has 0 saturated heterocycles. The molecular weight excluding hydrogens is 552 g/mol. The quantitative estimate of drug-likeness (QED) is 0.0395. The van der Waals surface area contributed by atoms with Gasteiger partial charge < -0.3 is 19.7 Å². The molecule has 1 unspecified atom stereocenters. The predicted molar refractivity (Wildman–Crippen MR) is 183 cm³/mol. The van der Waals surface area contributed by atoms with E-state index >= 15 is 0 Å². The van der Waals surface area contributed by atoms with Gasteiger partial charge in [0.2, 0.25) is 0 Å². The van der Waals surface area contributed by atoms with Gasteiger partial charge in [-0.25, -0.2) is 0 Å². The van der Waals surface area contributed by atoms with Crippen LogP contribution in [0.3, 0.4) is 0 Å². The van der Waals surface area contributed by atoms with Gasteiger partial charge in [-0.2, -0.15) is 0 Å². The second-order valence-corrected chi connectivity index (χ2v) is 11.5. The molecule has 0 heterocycles. The van der Waals surface area contributed by atoms with Crippen molar-refractivity contribution in [2.24, 2.45) is 5.92 Å². The maximum absolute atomic E-state index is 12.1. The Balaban J connectivity index is 3.90. The molecular formula is C38H62O6. The minimum Gasteiger partial charge on any atom is -0.462 e.